The Bertz CT molecular complexity index is 704. The zero-order chi connectivity index (χ0) is 15.0. The maximum Gasteiger partial charge on any atom is 0.326 e. The number of hydrogen-bond donors (Lipinski definition) is 1. The number of aliphatic carboxylic acids is 1. The summed E-state index contributed by atoms with van der Waals surface area (Å²) in [5.41, 5.74) is 2.43. The van der Waals surface area contributed by atoms with Gasteiger partial charge in [0.1, 0.15) is 11.9 Å². The van der Waals surface area contributed by atoms with Gasteiger partial charge in [0.15, 0.2) is 0 Å². The summed E-state index contributed by atoms with van der Waals surface area (Å²) in [6.07, 6.45) is 0.443. The van der Waals surface area contributed by atoms with Crippen LogP contribution in [0.3, 0.4) is 0 Å². The zero-order valence-corrected chi connectivity index (χ0v) is 11.8. The van der Waals surface area contributed by atoms with Crippen molar-refractivity contribution in [2.24, 2.45) is 0 Å². The van der Waals surface area contributed by atoms with E-state index in [4.69, 9.17) is 11.6 Å². The molecule has 0 saturated carbocycles. The second kappa shape index (κ2) is 5.37. The Kier molecular flexibility index (Phi) is 3.55. The standard InChI is InChI=1S/C16H13ClFNO2/c17-13-6-5-12(18)7-11(13)9-19-14-4-2-1-3-10(14)8-15(19)16(20)21/h1-7,15H,8-9H2,(H,20,21). The quantitative estimate of drug-likeness (QED) is 0.943. The molecule has 1 atom stereocenters. The summed E-state index contributed by atoms with van der Waals surface area (Å²) in [7, 11) is 0. The van der Waals surface area contributed by atoms with Gasteiger partial charge in [0.05, 0.1) is 0 Å². The van der Waals surface area contributed by atoms with E-state index in [1.807, 2.05) is 24.3 Å². The van der Waals surface area contributed by atoms with E-state index < -0.39 is 12.0 Å². The van der Waals surface area contributed by atoms with Gasteiger partial charge in [-0.25, -0.2) is 9.18 Å². The Hall–Kier alpha value is -2.07. The van der Waals surface area contributed by atoms with Crippen molar-refractivity contribution in [1.82, 2.24) is 0 Å². The molecular weight excluding hydrogens is 293 g/mol. The van der Waals surface area contributed by atoms with Crippen molar-refractivity contribution in [3.05, 3.63) is 64.4 Å². The van der Waals surface area contributed by atoms with Crippen molar-refractivity contribution < 1.29 is 14.3 Å². The Labute approximate surface area is 126 Å². The van der Waals surface area contributed by atoms with E-state index in [2.05, 4.69) is 0 Å². The van der Waals surface area contributed by atoms with Gasteiger partial charge in [0.2, 0.25) is 0 Å². The van der Waals surface area contributed by atoms with Gasteiger partial charge >= 0.3 is 5.97 Å². The number of nitrogens with zero attached hydrogens (tertiary/aromatic N) is 1. The molecule has 108 valence electrons. The summed E-state index contributed by atoms with van der Waals surface area (Å²) in [4.78, 5) is 13.2. The van der Waals surface area contributed by atoms with Crippen LogP contribution in [0.5, 0.6) is 0 Å². The van der Waals surface area contributed by atoms with Gasteiger partial charge in [0, 0.05) is 23.7 Å². The highest BCUT2D eigenvalue weighted by Crippen LogP contribution is 2.34. The lowest BCUT2D eigenvalue weighted by atomic mass is 10.1. The molecule has 0 aliphatic carbocycles. The van der Waals surface area contributed by atoms with E-state index in [1.54, 1.807) is 4.90 Å². The summed E-state index contributed by atoms with van der Waals surface area (Å²) in [5, 5.41) is 9.84. The Morgan fingerprint density at radius 2 is 2.10 bits per heavy atom. The molecule has 2 aromatic rings. The third-order valence-electron chi connectivity index (χ3n) is 3.72. The van der Waals surface area contributed by atoms with Crippen molar-refractivity contribution in [3.8, 4) is 0 Å². The first-order valence-corrected chi connectivity index (χ1v) is 6.95. The van der Waals surface area contributed by atoms with Crippen LogP contribution in [0.2, 0.25) is 5.02 Å². The van der Waals surface area contributed by atoms with E-state index >= 15 is 0 Å². The minimum atomic E-state index is -0.890. The van der Waals surface area contributed by atoms with Gasteiger partial charge in [-0.1, -0.05) is 29.8 Å². The lowest BCUT2D eigenvalue weighted by molar-refractivity contribution is -0.138. The molecule has 0 saturated heterocycles. The molecule has 0 spiro atoms. The van der Waals surface area contributed by atoms with Crippen LogP contribution in [0, 0.1) is 5.82 Å². The lowest BCUT2D eigenvalue weighted by Gasteiger charge is -2.25. The van der Waals surface area contributed by atoms with Crippen LogP contribution in [0.1, 0.15) is 11.1 Å². The molecular formula is C16H13ClFNO2. The van der Waals surface area contributed by atoms with Crippen molar-refractivity contribution in [2.75, 3.05) is 4.90 Å². The third kappa shape index (κ3) is 2.59. The molecule has 1 unspecified atom stereocenters. The number of carbonyl (C=O) groups is 1. The largest absolute Gasteiger partial charge is 0.480 e. The van der Waals surface area contributed by atoms with E-state index in [0.717, 1.165) is 11.3 Å². The predicted molar refractivity (Wildman–Crippen MR) is 79.2 cm³/mol. The first kappa shape index (κ1) is 13.9. The molecule has 0 amide bonds. The monoisotopic (exact) mass is 305 g/mol. The first-order chi connectivity index (χ1) is 10.1. The number of hydrogen-bond acceptors (Lipinski definition) is 2. The van der Waals surface area contributed by atoms with E-state index in [-0.39, 0.29) is 12.4 Å². The van der Waals surface area contributed by atoms with E-state index in [1.165, 1.54) is 18.2 Å². The smallest absolute Gasteiger partial charge is 0.326 e. The molecule has 0 aromatic heterocycles. The number of halogens is 2. The van der Waals surface area contributed by atoms with E-state index in [0.29, 0.717) is 17.0 Å². The predicted octanol–water partition coefficient (Wildman–Crippen LogP) is 3.50. The number of fused-ring (bicyclic) bond motifs is 1. The van der Waals surface area contributed by atoms with Crippen molar-refractivity contribution in [3.63, 3.8) is 0 Å². The number of rotatable bonds is 3. The summed E-state index contributed by atoms with van der Waals surface area (Å²) in [5.74, 6) is -1.27. The molecule has 0 fully saturated rings. The van der Waals surface area contributed by atoms with Crippen molar-refractivity contribution >= 4 is 23.3 Å². The van der Waals surface area contributed by atoms with E-state index in [9.17, 15) is 14.3 Å². The fourth-order valence-electron chi connectivity index (χ4n) is 2.71. The SMILES string of the molecule is O=C(O)C1Cc2ccccc2N1Cc1cc(F)ccc1Cl. The molecule has 1 aliphatic rings. The average molecular weight is 306 g/mol. The second-order valence-corrected chi connectivity index (χ2v) is 5.46. The number of carboxylic acids is 1. The topological polar surface area (TPSA) is 40.5 Å². The van der Waals surface area contributed by atoms with Crippen molar-refractivity contribution in [2.45, 2.75) is 19.0 Å². The molecule has 1 heterocycles. The third-order valence-corrected chi connectivity index (χ3v) is 4.09. The molecule has 3 rings (SSSR count). The van der Waals surface area contributed by atoms with Gasteiger partial charge in [-0.3, -0.25) is 0 Å². The Morgan fingerprint density at radius 3 is 2.86 bits per heavy atom. The fourth-order valence-corrected chi connectivity index (χ4v) is 2.89. The van der Waals surface area contributed by atoms with Crippen LogP contribution in [0.4, 0.5) is 10.1 Å². The maximum absolute atomic E-state index is 13.4. The molecule has 1 N–H and O–H groups in total. The highest BCUT2D eigenvalue weighted by atomic mass is 35.5. The van der Waals surface area contributed by atoms with Crippen molar-refractivity contribution in [1.29, 1.82) is 0 Å². The fraction of sp³-hybridized carbons (Fsp3) is 0.188. The number of carboxylic acid groups (broad SMARTS) is 1. The van der Waals surface area contributed by atoms with Gasteiger partial charge in [-0.05, 0) is 35.4 Å². The van der Waals surface area contributed by atoms with Crippen LogP contribution in [-0.4, -0.2) is 17.1 Å². The molecule has 0 bridgehead atoms. The average Bonchev–Trinajstić information content (AvgIpc) is 2.82. The highest BCUT2D eigenvalue weighted by Gasteiger charge is 2.34. The summed E-state index contributed by atoms with van der Waals surface area (Å²) in [6, 6.07) is 11.0. The maximum atomic E-state index is 13.4. The molecule has 5 heteroatoms. The molecule has 2 aromatic carbocycles. The number of benzene rings is 2. The minimum Gasteiger partial charge on any atom is -0.480 e. The normalized spacial score (nSPS) is 16.9. The molecule has 21 heavy (non-hydrogen) atoms. The van der Waals surface area contributed by atoms with Gasteiger partial charge in [-0.2, -0.15) is 0 Å². The van der Waals surface area contributed by atoms with Crippen LogP contribution >= 0.6 is 11.6 Å². The summed E-state index contributed by atoms with van der Waals surface area (Å²) < 4.78 is 13.4. The van der Waals surface area contributed by atoms with Gasteiger partial charge in [-0.15, -0.1) is 0 Å². The highest BCUT2D eigenvalue weighted by molar-refractivity contribution is 6.31. The molecule has 1 aliphatic heterocycles. The Balaban J connectivity index is 1.98. The van der Waals surface area contributed by atoms with Crippen LogP contribution < -0.4 is 4.90 Å². The van der Waals surface area contributed by atoms with Gasteiger partial charge in [0.25, 0.3) is 0 Å². The van der Waals surface area contributed by atoms with Crippen LogP contribution in [-0.2, 0) is 17.8 Å². The molecule has 3 nitrogen and oxygen atoms in total. The molecule has 0 radical (unpaired) electrons. The van der Waals surface area contributed by atoms with Crippen LogP contribution in [0.15, 0.2) is 42.5 Å². The van der Waals surface area contributed by atoms with Gasteiger partial charge < -0.3 is 10.0 Å². The summed E-state index contributed by atoms with van der Waals surface area (Å²) >= 11 is 6.09. The second-order valence-electron chi connectivity index (χ2n) is 5.05. The summed E-state index contributed by atoms with van der Waals surface area (Å²) in [6.45, 7) is 0.268. The number of para-hydroxylation sites is 1. The lowest BCUT2D eigenvalue weighted by Crippen LogP contribution is -2.38. The van der Waals surface area contributed by atoms with Crippen LogP contribution in [0.25, 0.3) is 0 Å². The Morgan fingerprint density at radius 1 is 1.33 bits per heavy atom. The zero-order valence-electron chi connectivity index (χ0n) is 11.1. The first-order valence-electron chi connectivity index (χ1n) is 6.57. The minimum absolute atomic E-state index is 0.268. The number of anilines is 1.